The first-order valence-electron chi connectivity index (χ1n) is 5.97. The lowest BCUT2D eigenvalue weighted by atomic mass is 10.2. The summed E-state index contributed by atoms with van der Waals surface area (Å²) in [5.41, 5.74) is -0.283. The molecular weight excluding hydrogens is 274 g/mol. The topological polar surface area (TPSA) is 58.2 Å². The average molecular weight is 292 g/mol. The van der Waals surface area contributed by atoms with Crippen LogP contribution in [0.2, 0.25) is 0 Å². The van der Waals surface area contributed by atoms with Gasteiger partial charge in [-0.25, -0.2) is 21.9 Å². The number of hydrogen-bond acceptors (Lipinski definition) is 3. The summed E-state index contributed by atoms with van der Waals surface area (Å²) >= 11 is 0. The maximum absolute atomic E-state index is 14.1. The van der Waals surface area contributed by atoms with Crippen molar-refractivity contribution in [2.45, 2.75) is 37.8 Å². The lowest BCUT2D eigenvalue weighted by Gasteiger charge is -2.14. The Morgan fingerprint density at radius 1 is 1.32 bits per heavy atom. The van der Waals surface area contributed by atoms with Gasteiger partial charge in [0.2, 0.25) is 10.0 Å². The van der Waals surface area contributed by atoms with E-state index in [0.717, 1.165) is 12.1 Å². The third-order valence-electron chi connectivity index (χ3n) is 2.76. The van der Waals surface area contributed by atoms with Crippen LogP contribution in [0.15, 0.2) is 17.0 Å². The Morgan fingerprint density at radius 3 is 2.47 bits per heavy atom. The van der Waals surface area contributed by atoms with Crippen molar-refractivity contribution in [1.82, 2.24) is 10.0 Å². The first-order valence-corrected chi connectivity index (χ1v) is 7.45. The van der Waals surface area contributed by atoms with Crippen LogP contribution in [0, 0.1) is 11.6 Å². The van der Waals surface area contributed by atoms with Gasteiger partial charge in [0.05, 0.1) is 0 Å². The molecule has 0 aromatic heterocycles. The molecule has 0 heterocycles. The van der Waals surface area contributed by atoms with Gasteiger partial charge in [0, 0.05) is 18.2 Å². The van der Waals surface area contributed by atoms with E-state index in [9.17, 15) is 17.2 Å². The third-order valence-corrected chi connectivity index (χ3v) is 4.37. The van der Waals surface area contributed by atoms with Gasteiger partial charge in [-0.3, -0.25) is 0 Å². The van der Waals surface area contributed by atoms with E-state index in [1.807, 2.05) is 0 Å². The van der Waals surface area contributed by atoms with Crippen molar-refractivity contribution >= 4 is 10.0 Å². The normalized spacial score (nSPS) is 13.5. The van der Waals surface area contributed by atoms with E-state index in [4.69, 9.17) is 0 Å². The Bertz CT molecular complexity index is 547. The summed E-state index contributed by atoms with van der Waals surface area (Å²) in [5, 5.41) is 2.60. The van der Waals surface area contributed by atoms with Crippen molar-refractivity contribution < 1.29 is 17.2 Å². The molecule has 4 nitrogen and oxygen atoms in total. The molecule has 0 saturated heterocycles. The van der Waals surface area contributed by atoms with Crippen molar-refractivity contribution in [3.63, 3.8) is 0 Å². The highest BCUT2D eigenvalue weighted by Gasteiger charge is 2.24. The van der Waals surface area contributed by atoms with Crippen LogP contribution in [0.5, 0.6) is 0 Å². The quantitative estimate of drug-likeness (QED) is 0.840. The van der Waals surface area contributed by atoms with Crippen LogP contribution >= 0.6 is 0 Å². The van der Waals surface area contributed by atoms with Crippen molar-refractivity contribution in [3.8, 4) is 0 Å². The third kappa shape index (κ3) is 3.71. The predicted molar refractivity (Wildman–Crippen MR) is 69.2 cm³/mol. The fourth-order valence-electron chi connectivity index (χ4n) is 1.53. The zero-order valence-corrected chi connectivity index (χ0v) is 11.9. The number of rotatable bonds is 6. The van der Waals surface area contributed by atoms with Crippen LogP contribution in [0.4, 0.5) is 8.78 Å². The molecule has 0 aliphatic heterocycles. The van der Waals surface area contributed by atoms with E-state index in [1.165, 1.54) is 7.05 Å². The molecule has 1 atom stereocenters. The number of hydrogen-bond donors (Lipinski definition) is 2. The number of benzene rings is 1. The van der Waals surface area contributed by atoms with E-state index < -0.39 is 26.6 Å². The summed E-state index contributed by atoms with van der Waals surface area (Å²) in [6.07, 6.45) is 0.575. The molecule has 2 N–H and O–H groups in total. The van der Waals surface area contributed by atoms with Crippen molar-refractivity contribution in [2.75, 3.05) is 7.05 Å². The molecule has 1 aromatic carbocycles. The number of nitrogens with one attached hydrogen (secondary N) is 2. The van der Waals surface area contributed by atoms with Crippen LogP contribution in [-0.4, -0.2) is 21.5 Å². The highest BCUT2D eigenvalue weighted by molar-refractivity contribution is 7.89. The second-order valence-corrected chi connectivity index (χ2v) is 5.98. The van der Waals surface area contributed by atoms with E-state index in [-0.39, 0.29) is 18.2 Å². The van der Waals surface area contributed by atoms with E-state index in [2.05, 4.69) is 10.0 Å². The molecule has 0 bridgehead atoms. The van der Waals surface area contributed by atoms with Gasteiger partial charge >= 0.3 is 0 Å². The first-order chi connectivity index (χ1) is 8.83. The van der Waals surface area contributed by atoms with E-state index in [0.29, 0.717) is 6.42 Å². The van der Waals surface area contributed by atoms with Gasteiger partial charge in [-0.15, -0.1) is 0 Å². The van der Waals surface area contributed by atoms with Gasteiger partial charge in [0.15, 0.2) is 5.82 Å². The van der Waals surface area contributed by atoms with Crippen LogP contribution < -0.4 is 10.0 Å². The van der Waals surface area contributed by atoms with Crippen LogP contribution in [0.3, 0.4) is 0 Å². The smallest absolute Gasteiger partial charge is 0.243 e. The van der Waals surface area contributed by atoms with Crippen LogP contribution in [-0.2, 0) is 16.6 Å². The van der Waals surface area contributed by atoms with E-state index >= 15 is 0 Å². The molecule has 108 valence electrons. The van der Waals surface area contributed by atoms with Crippen LogP contribution in [0.1, 0.15) is 25.8 Å². The minimum absolute atomic E-state index is 0.0790. The molecule has 0 fully saturated rings. The van der Waals surface area contributed by atoms with Crippen molar-refractivity contribution in [2.24, 2.45) is 0 Å². The average Bonchev–Trinajstić information content (AvgIpc) is 2.33. The Hall–Kier alpha value is -1.05. The zero-order chi connectivity index (χ0) is 14.6. The minimum atomic E-state index is -3.98. The Morgan fingerprint density at radius 2 is 1.95 bits per heavy atom. The molecule has 0 aliphatic carbocycles. The highest BCUT2D eigenvalue weighted by Crippen LogP contribution is 2.21. The largest absolute Gasteiger partial charge is 0.315 e. The SMILES string of the molecule is CCC(C)NS(=O)(=O)c1ccc(F)c(CNC)c1F. The maximum atomic E-state index is 14.1. The molecule has 0 aliphatic rings. The van der Waals surface area contributed by atoms with Crippen molar-refractivity contribution in [1.29, 1.82) is 0 Å². The Balaban J connectivity index is 3.24. The van der Waals surface area contributed by atoms with Gasteiger partial charge in [0.25, 0.3) is 0 Å². The molecule has 0 spiro atoms. The molecule has 7 heteroatoms. The molecule has 0 saturated carbocycles. The minimum Gasteiger partial charge on any atom is -0.315 e. The van der Waals surface area contributed by atoms with Gasteiger partial charge in [-0.2, -0.15) is 0 Å². The second kappa shape index (κ2) is 6.40. The van der Waals surface area contributed by atoms with Gasteiger partial charge in [-0.1, -0.05) is 6.92 Å². The summed E-state index contributed by atoms with van der Waals surface area (Å²) in [7, 11) is -2.45. The lowest BCUT2D eigenvalue weighted by molar-refractivity contribution is 0.512. The standard InChI is InChI=1S/C12H18F2N2O2S/c1-4-8(2)16-19(17,18)11-6-5-10(13)9(7-15-3)12(11)14/h5-6,8,15-16H,4,7H2,1-3H3. The predicted octanol–water partition coefficient (Wildman–Crippen LogP) is 1.76. The van der Waals surface area contributed by atoms with Crippen LogP contribution in [0.25, 0.3) is 0 Å². The summed E-state index contributed by atoms with van der Waals surface area (Å²) in [4.78, 5) is -0.528. The zero-order valence-electron chi connectivity index (χ0n) is 11.1. The molecule has 19 heavy (non-hydrogen) atoms. The summed E-state index contributed by atoms with van der Waals surface area (Å²) in [5.74, 6) is -1.82. The second-order valence-electron chi connectivity index (χ2n) is 4.30. The number of sulfonamides is 1. The number of halogens is 2. The Kier molecular flexibility index (Phi) is 5.39. The van der Waals surface area contributed by atoms with E-state index in [1.54, 1.807) is 13.8 Å². The first kappa shape index (κ1) is 16.0. The molecule has 1 unspecified atom stereocenters. The maximum Gasteiger partial charge on any atom is 0.243 e. The van der Waals surface area contributed by atoms with Gasteiger partial charge in [-0.05, 0) is 32.5 Å². The Labute approximate surface area is 112 Å². The molecule has 1 aromatic rings. The molecule has 1 rings (SSSR count). The van der Waals surface area contributed by atoms with Crippen molar-refractivity contribution in [3.05, 3.63) is 29.3 Å². The van der Waals surface area contributed by atoms with Gasteiger partial charge in [0.1, 0.15) is 10.7 Å². The fraction of sp³-hybridized carbons (Fsp3) is 0.500. The van der Waals surface area contributed by atoms with Gasteiger partial charge < -0.3 is 5.32 Å². The monoisotopic (exact) mass is 292 g/mol. The summed E-state index contributed by atoms with van der Waals surface area (Å²) < 4.78 is 53.8. The molecular formula is C12H18F2N2O2S. The highest BCUT2D eigenvalue weighted by atomic mass is 32.2. The molecule has 0 radical (unpaired) electrons. The fourth-order valence-corrected chi connectivity index (χ4v) is 2.96. The summed E-state index contributed by atoms with van der Waals surface area (Å²) in [6, 6.07) is 1.58. The summed E-state index contributed by atoms with van der Waals surface area (Å²) in [6.45, 7) is 3.40. The molecule has 0 amide bonds. The lowest BCUT2D eigenvalue weighted by Crippen LogP contribution is -2.33.